The van der Waals surface area contributed by atoms with Gasteiger partial charge in [0.2, 0.25) is 12.3 Å². The number of Topliss-reactive ketones (excluding diaryl/α,β-unsaturated/α-hetero) is 1. The molecule has 0 radical (unpaired) electrons. The van der Waals surface area contributed by atoms with Gasteiger partial charge in [0.1, 0.15) is 0 Å². The lowest BCUT2D eigenvalue weighted by atomic mass is 10.1. The van der Waals surface area contributed by atoms with Crippen LogP contribution in [0.15, 0.2) is 53.9 Å². The summed E-state index contributed by atoms with van der Waals surface area (Å²) in [4.78, 5) is 22.1. The lowest BCUT2D eigenvalue weighted by Crippen LogP contribution is -3.00. The van der Waals surface area contributed by atoms with Crippen molar-refractivity contribution in [1.82, 2.24) is 0 Å². The van der Waals surface area contributed by atoms with Crippen LogP contribution in [0, 0.1) is 10.1 Å². The van der Waals surface area contributed by atoms with Crippen LogP contribution in [0.4, 0.5) is 5.69 Å². The number of pyridine rings is 1. The van der Waals surface area contributed by atoms with E-state index in [0.29, 0.717) is 11.1 Å². The molecule has 1 N–H and O–H groups in total. The average molecular weight is 366 g/mol. The predicted molar refractivity (Wildman–Crippen MR) is 73.4 cm³/mol. The molecule has 1 aromatic heterocycles. The van der Waals surface area contributed by atoms with E-state index >= 15 is 0 Å². The Morgan fingerprint density at radius 2 is 1.82 bits per heavy atom. The van der Waals surface area contributed by atoms with Gasteiger partial charge >= 0.3 is 0 Å². The quantitative estimate of drug-likeness (QED) is 0.175. The van der Waals surface area contributed by atoms with E-state index in [9.17, 15) is 14.9 Å². The summed E-state index contributed by atoms with van der Waals surface area (Å²) < 4.78 is 1.67. The van der Waals surface area contributed by atoms with Gasteiger partial charge in [-0.05, 0) is 12.1 Å². The highest BCUT2D eigenvalue weighted by Gasteiger charge is 2.13. The highest BCUT2D eigenvalue weighted by Crippen LogP contribution is 2.12. The molecule has 1 aromatic carbocycles. The van der Waals surface area contributed by atoms with Crippen molar-refractivity contribution in [3.05, 3.63) is 70.0 Å². The molecule has 0 spiro atoms. The zero-order chi connectivity index (χ0) is 15.2. The van der Waals surface area contributed by atoms with E-state index in [1.807, 2.05) is 0 Å². The number of carbonyl (C=O) groups is 1. The van der Waals surface area contributed by atoms with Crippen LogP contribution in [-0.2, 0) is 6.54 Å². The minimum atomic E-state index is -0.509. The maximum atomic E-state index is 12.0. The number of rotatable bonds is 5. The Morgan fingerprint density at radius 1 is 1.23 bits per heavy atom. The average Bonchev–Trinajstić information content (AvgIpc) is 2.49. The van der Waals surface area contributed by atoms with Crippen molar-refractivity contribution < 1.29 is 36.5 Å². The molecule has 0 aliphatic carbocycles. The van der Waals surface area contributed by atoms with E-state index in [1.165, 1.54) is 30.5 Å². The second-order valence-corrected chi connectivity index (χ2v) is 4.28. The summed E-state index contributed by atoms with van der Waals surface area (Å²) in [5.74, 6) is -0.154. The third-order valence-corrected chi connectivity index (χ3v) is 2.85. The molecular formula is C14H12BrN3O4. The van der Waals surface area contributed by atoms with Crippen LogP contribution in [0.1, 0.15) is 15.9 Å². The fraction of sp³-hybridized carbons (Fsp3) is 0.0714. The molecule has 2 aromatic rings. The van der Waals surface area contributed by atoms with Gasteiger partial charge in [-0.3, -0.25) is 14.9 Å². The minimum Gasteiger partial charge on any atom is -1.00 e. The molecule has 0 aliphatic rings. The van der Waals surface area contributed by atoms with Gasteiger partial charge in [0, 0.05) is 35.4 Å². The third-order valence-electron chi connectivity index (χ3n) is 2.85. The van der Waals surface area contributed by atoms with E-state index in [2.05, 4.69) is 5.16 Å². The molecule has 114 valence electrons. The number of carbonyl (C=O) groups excluding carboxylic acids is 1. The van der Waals surface area contributed by atoms with Gasteiger partial charge in [0.05, 0.1) is 11.1 Å². The van der Waals surface area contributed by atoms with Gasteiger partial charge in [-0.25, -0.2) is 0 Å². The molecular weight excluding hydrogens is 354 g/mol. The summed E-state index contributed by atoms with van der Waals surface area (Å²) >= 11 is 0. The van der Waals surface area contributed by atoms with E-state index < -0.39 is 4.92 Å². The smallest absolute Gasteiger partial charge is 0.269 e. The Morgan fingerprint density at radius 3 is 2.32 bits per heavy atom. The first-order valence-electron chi connectivity index (χ1n) is 6.04. The molecule has 0 atom stereocenters. The normalized spacial score (nSPS) is 10.2. The molecule has 2 rings (SSSR count). The molecule has 22 heavy (non-hydrogen) atoms. The van der Waals surface area contributed by atoms with Gasteiger partial charge in [0.25, 0.3) is 5.69 Å². The van der Waals surface area contributed by atoms with Crippen molar-refractivity contribution in [3.63, 3.8) is 0 Å². The van der Waals surface area contributed by atoms with Crippen LogP contribution >= 0.6 is 0 Å². The molecule has 0 saturated carbocycles. The van der Waals surface area contributed by atoms with Gasteiger partial charge < -0.3 is 22.2 Å². The second kappa shape index (κ2) is 7.99. The van der Waals surface area contributed by atoms with Crippen LogP contribution in [-0.4, -0.2) is 22.1 Å². The van der Waals surface area contributed by atoms with Crippen molar-refractivity contribution in [1.29, 1.82) is 0 Å². The van der Waals surface area contributed by atoms with Crippen LogP contribution in [0.5, 0.6) is 0 Å². The number of aromatic nitrogens is 1. The van der Waals surface area contributed by atoms with Crippen molar-refractivity contribution >= 4 is 17.7 Å². The topological polar surface area (TPSA) is 96.7 Å². The Balaban J connectivity index is 0.00000242. The second-order valence-electron chi connectivity index (χ2n) is 4.28. The minimum absolute atomic E-state index is 0. The molecule has 0 saturated heterocycles. The molecule has 7 nitrogen and oxygen atoms in total. The summed E-state index contributed by atoms with van der Waals surface area (Å²) in [5.41, 5.74) is 1.07. The number of ketones is 1. The van der Waals surface area contributed by atoms with Crippen LogP contribution in [0.2, 0.25) is 0 Å². The summed E-state index contributed by atoms with van der Waals surface area (Å²) in [6, 6.07) is 8.88. The lowest BCUT2D eigenvalue weighted by Gasteiger charge is -1.98. The number of hydrogen-bond acceptors (Lipinski definition) is 5. The molecule has 0 fully saturated rings. The van der Waals surface area contributed by atoms with E-state index in [0.717, 1.165) is 0 Å². The van der Waals surface area contributed by atoms with Gasteiger partial charge in [-0.1, -0.05) is 5.16 Å². The SMILES string of the molecule is O=C(C[n+]1ccc(C=NO)cc1)c1ccc([N+](=O)[O-])cc1.[Br-]. The maximum absolute atomic E-state index is 12.0. The molecule has 0 unspecified atom stereocenters. The Labute approximate surface area is 136 Å². The zero-order valence-corrected chi connectivity index (χ0v) is 12.9. The van der Waals surface area contributed by atoms with Crippen molar-refractivity contribution in [2.45, 2.75) is 6.54 Å². The molecule has 0 aliphatic heterocycles. The van der Waals surface area contributed by atoms with Crippen molar-refractivity contribution in [2.75, 3.05) is 0 Å². The number of halogens is 1. The lowest BCUT2D eigenvalue weighted by molar-refractivity contribution is -0.683. The van der Waals surface area contributed by atoms with Gasteiger partial charge in [-0.15, -0.1) is 0 Å². The first kappa shape index (κ1) is 17.4. The zero-order valence-electron chi connectivity index (χ0n) is 11.3. The van der Waals surface area contributed by atoms with Crippen LogP contribution < -0.4 is 21.5 Å². The highest BCUT2D eigenvalue weighted by atomic mass is 79.9. The summed E-state index contributed by atoms with van der Waals surface area (Å²) in [5, 5.41) is 21.9. The van der Waals surface area contributed by atoms with Gasteiger partial charge in [0.15, 0.2) is 12.4 Å². The first-order valence-corrected chi connectivity index (χ1v) is 6.04. The molecule has 1 heterocycles. The monoisotopic (exact) mass is 365 g/mol. The summed E-state index contributed by atoms with van der Waals surface area (Å²) in [7, 11) is 0. The molecule has 8 heteroatoms. The Bertz CT molecular complexity index is 684. The number of nitro groups is 1. The fourth-order valence-electron chi connectivity index (χ4n) is 1.75. The predicted octanol–water partition coefficient (Wildman–Crippen LogP) is -1.42. The standard InChI is InChI=1S/C14H11N3O4.BrH/c18-14(12-1-3-13(4-2-12)17(20)21)10-16-7-5-11(6-8-16)9-15-19;/h1-9H,10H2;1H. The van der Waals surface area contributed by atoms with E-state index in [1.54, 1.807) is 29.1 Å². The molecule has 0 bridgehead atoms. The Hall–Kier alpha value is -2.61. The summed E-state index contributed by atoms with van der Waals surface area (Å²) in [6.07, 6.45) is 4.64. The maximum Gasteiger partial charge on any atom is 0.269 e. The highest BCUT2D eigenvalue weighted by molar-refractivity contribution is 5.95. The number of nitro benzene ring substituents is 1. The van der Waals surface area contributed by atoms with E-state index in [-0.39, 0.29) is 35.0 Å². The fourth-order valence-corrected chi connectivity index (χ4v) is 1.75. The third kappa shape index (κ3) is 4.45. The number of hydrogen-bond donors (Lipinski definition) is 1. The van der Waals surface area contributed by atoms with E-state index in [4.69, 9.17) is 5.21 Å². The first-order chi connectivity index (χ1) is 10.1. The number of oxime groups is 1. The van der Waals surface area contributed by atoms with Crippen molar-refractivity contribution in [3.8, 4) is 0 Å². The number of non-ortho nitro benzene ring substituents is 1. The number of nitrogens with zero attached hydrogens (tertiary/aromatic N) is 3. The Kier molecular flexibility index (Phi) is 6.33. The largest absolute Gasteiger partial charge is 1.00 e. The number of benzene rings is 1. The van der Waals surface area contributed by atoms with Gasteiger partial charge in [-0.2, -0.15) is 4.57 Å². The molecule has 0 amide bonds. The van der Waals surface area contributed by atoms with Crippen molar-refractivity contribution in [2.24, 2.45) is 5.16 Å². The summed E-state index contributed by atoms with van der Waals surface area (Å²) in [6.45, 7) is 0.119. The van der Waals surface area contributed by atoms with Crippen LogP contribution in [0.3, 0.4) is 0 Å². The van der Waals surface area contributed by atoms with Crippen LogP contribution in [0.25, 0.3) is 0 Å².